The van der Waals surface area contributed by atoms with Gasteiger partial charge in [-0.05, 0) is 43.0 Å². The number of benzene rings is 1. The molecule has 0 aliphatic carbocycles. The summed E-state index contributed by atoms with van der Waals surface area (Å²) in [5.41, 5.74) is 1.14. The molecule has 0 aromatic heterocycles. The summed E-state index contributed by atoms with van der Waals surface area (Å²) in [5, 5.41) is 3.79. The maximum atomic E-state index is 13.5. The fourth-order valence-electron chi connectivity index (χ4n) is 2.07. The molecule has 1 aromatic rings. The van der Waals surface area contributed by atoms with E-state index in [0.29, 0.717) is 6.54 Å². The van der Waals surface area contributed by atoms with E-state index < -0.39 is 6.17 Å². The van der Waals surface area contributed by atoms with E-state index in [0.717, 1.165) is 30.0 Å². The molecule has 3 heteroatoms. The molecule has 1 N–H and O–H groups in total. The molecular formula is C12H15ClFN. The van der Waals surface area contributed by atoms with Gasteiger partial charge in [0, 0.05) is 11.6 Å². The first kappa shape index (κ1) is 10.9. The van der Waals surface area contributed by atoms with E-state index in [9.17, 15) is 4.39 Å². The molecule has 2 rings (SSSR count). The van der Waals surface area contributed by atoms with Crippen molar-refractivity contribution in [1.82, 2.24) is 5.32 Å². The standard InChI is InChI=1S/C12H15ClFN/c13-11-3-1-2-9(7-11)6-10-4-5-15-8-12(10)14/h1-3,7,10,12,15H,4-6,8H2. The summed E-state index contributed by atoms with van der Waals surface area (Å²) >= 11 is 5.89. The Morgan fingerprint density at radius 1 is 1.47 bits per heavy atom. The lowest BCUT2D eigenvalue weighted by Gasteiger charge is -2.26. The van der Waals surface area contributed by atoms with E-state index in [4.69, 9.17) is 11.6 Å². The normalized spacial score (nSPS) is 26.5. The largest absolute Gasteiger partial charge is 0.314 e. The predicted molar refractivity (Wildman–Crippen MR) is 61.0 cm³/mol. The third-order valence-electron chi connectivity index (χ3n) is 2.93. The van der Waals surface area contributed by atoms with Crippen LogP contribution in [-0.2, 0) is 6.42 Å². The van der Waals surface area contributed by atoms with Gasteiger partial charge in [0.05, 0.1) is 0 Å². The fraction of sp³-hybridized carbons (Fsp3) is 0.500. The van der Waals surface area contributed by atoms with Crippen molar-refractivity contribution < 1.29 is 4.39 Å². The highest BCUT2D eigenvalue weighted by molar-refractivity contribution is 6.30. The highest BCUT2D eigenvalue weighted by Crippen LogP contribution is 2.22. The molecule has 0 bridgehead atoms. The number of nitrogens with one attached hydrogen (secondary N) is 1. The van der Waals surface area contributed by atoms with Crippen LogP contribution in [-0.4, -0.2) is 19.3 Å². The Labute approximate surface area is 94.6 Å². The Morgan fingerprint density at radius 2 is 2.33 bits per heavy atom. The number of rotatable bonds is 2. The monoisotopic (exact) mass is 227 g/mol. The zero-order valence-electron chi connectivity index (χ0n) is 8.55. The predicted octanol–water partition coefficient (Wildman–Crippen LogP) is 2.83. The number of alkyl halides is 1. The Hall–Kier alpha value is -0.600. The summed E-state index contributed by atoms with van der Waals surface area (Å²) < 4.78 is 13.5. The Bertz CT molecular complexity index is 329. The van der Waals surface area contributed by atoms with Gasteiger partial charge in [-0.3, -0.25) is 0 Å². The van der Waals surface area contributed by atoms with Crippen molar-refractivity contribution in [3.05, 3.63) is 34.9 Å². The lowest BCUT2D eigenvalue weighted by molar-refractivity contribution is 0.179. The third-order valence-corrected chi connectivity index (χ3v) is 3.16. The summed E-state index contributed by atoms with van der Waals surface area (Å²) in [4.78, 5) is 0. The van der Waals surface area contributed by atoms with E-state index in [1.54, 1.807) is 0 Å². The van der Waals surface area contributed by atoms with Crippen molar-refractivity contribution in [2.24, 2.45) is 5.92 Å². The molecule has 0 spiro atoms. The van der Waals surface area contributed by atoms with Gasteiger partial charge in [-0.15, -0.1) is 0 Å². The van der Waals surface area contributed by atoms with Gasteiger partial charge >= 0.3 is 0 Å². The Balaban J connectivity index is 2.01. The average molecular weight is 228 g/mol. The summed E-state index contributed by atoms with van der Waals surface area (Å²) in [6.07, 6.45) is 0.981. The fourth-order valence-corrected chi connectivity index (χ4v) is 2.28. The Morgan fingerprint density at radius 3 is 3.07 bits per heavy atom. The molecule has 1 nitrogen and oxygen atoms in total. The minimum atomic E-state index is -0.724. The van der Waals surface area contributed by atoms with Crippen molar-refractivity contribution in [1.29, 1.82) is 0 Å². The van der Waals surface area contributed by atoms with Gasteiger partial charge < -0.3 is 5.32 Å². The molecule has 1 fully saturated rings. The van der Waals surface area contributed by atoms with Crippen LogP contribution in [0.5, 0.6) is 0 Å². The molecule has 2 unspecified atom stereocenters. The summed E-state index contributed by atoms with van der Waals surface area (Å²) in [6, 6.07) is 7.71. The highest BCUT2D eigenvalue weighted by Gasteiger charge is 2.24. The van der Waals surface area contributed by atoms with Crippen LogP contribution in [0.15, 0.2) is 24.3 Å². The molecule has 1 aliphatic rings. The van der Waals surface area contributed by atoms with Gasteiger partial charge in [-0.1, -0.05) is 23.7 Å². The SMILES string of the molecule is FC1CNCCC1Cc1cccc(Cl)c1. The molecule has 0 radical (unpaired) electrons. The quantitative estimate of drug-likeness (QED) is 0.820. The average Bonchev–Trinajstić information content (AvgIpc) is 2.22. The topological polar surface area (TPSA) is 12.0 Å². The third kappa shape index (κ3) is 2.93. The van der Waals surface area contributed by atoms with Crippen molar-refractivity contribution in [2.75, 3.05) is 13.1 Å². The maximum absolute atomic E-state index is 13.5. The molecule has 1 saturated heterocycles. The second kappa shape index (κ2) is 4.95. The first-order valence-electron chi connectivity index (χ1n) is 5.35. The highest BCUT2D eigenvalue weighted by atomic mass is 35.5. The minimum absolute atomic E-state index is 0.143. The van der Waals surface area contributed by atoms with E-state index in [-0.39, 0.29) is 5.92 Å². The number of hydrogen-bond acceptors (Lipinski definition) is 1. The van der Waals surface area contributed by atoms with E-state index in [1.165, 1.54) is 0 Å². The van der Waals surface area contributed by atoms with Crippen molar-refractivity contribution >= 4 is 11.6 Å². The van der Waals surface area contributed by atoms with Crippen LogP contribution < -0.4 is 5.32 Å². The molecule has 1 aromatic carbocycles. The molecule has 2 atom stereocenters. The molecule has 15 heavy (non-hydrogen) atoms. The molecule has 1 heterocycles. The summed E-state index contributed by atoms with van der Waals surface area (Å²) in [7, 11) is 0. The zero-order chi connectivity index (χ0) is 10.7. The summed E-state index contributed by atoms with van der Waals surface area (Å²) in [5.74, 6) is 0.143. The van der Waals surface area contributed by atoms with Gasteiger partial charge in [0.25, 0.3) is 0 Å². The van der Waals surface area contributed by atoms with Crippen LogP contribution in [0.2, 0.25) is 5.02 Å². The van der Waals surface area contributed by atoms with Gasteiger partial charge in [0.2, 0.25) is 0 Å². The zero-order valence-corrected chi connectivity index (χ0v) is 9.30. The molecule has 0 amide bonds. The smallest absolute Gasteiger partial charge is 0.116 e. The van der Waals surface area contributed by atoms with E-state index in [1.807, 2.05) is 24.3 Å². The van der Waals surface area contributed by atoms with Gasteiger partial charge in [0.15, 0.2) is 0 Å². The maximum Gasteiger partial charge on any atom is 0.116 e. The van der Waals surface area contributed by atoms with Gasteiger partial charge in [-0.2, -0.15) is 0 Å². The lowest BCUT2D eigenvalue weighted by Crippen LogP contribution is -2.38. The minimum Gasteiger partial charge on any atom is -0.314 e. The van der Waals surface area contributed by atoms with E-state index >= 15 is 0 Å². The van der Waals surface area contributed by atoms with Crippen LogP contribution in [0.25, 0.3) is 0 Å². The second-order valence-electron chi connectivity index (χ2n) is 4.10. The summed E-state index contributed by atoms with van der Waals surface area (Å²) in [6.45, 7) is 1.41. The van der Waals surface area contributed by atoms with Crippen molar-refractivity contribution in [3.8, 4) is 0 Å². The second-order valence-corrected chi connectivity index (χ2v) is 4.54. The van der Waals surface area contributed by atoms with Crippen LogP contribution in [0, 0.1) is 5.92 Å². The number of halogens is 2. The molecule has 0 saturated carbocycles. The van der Waals surface area contributed by atoms with Crippen LogP contribution in [0.4, 0.5) is 4.39 Å². The molecule has 1 aliphatic heterocycles. The van der Waals surface area contributed by atoms with Crippen molar-refractivity contribution in [2.45, 2.75) is 19.0 Å². The first-order chi connectivity index (χ1) is 7.25. The Kier molecular flexibility index (Phi) is 3.60. The van der Waals surface area contributed by atoms with Crippen LogP contribution >= 0.6 is 11.6 Å². The number of hydrogen-bond donors (Lipinski definition) is 1. The van der Waals surface area contributed by atoms with Crippen LogP contribution in [0.3, 0.4) is 0 Å². The van der Waals surface area contributed by atoms with Gasteiger partial charge in [0.1, 0.15) is 6.17 Å². The number of piperidine rings is 1. The lowest BCUT2D eigenvalue weighted by atomic mass is 9.89. The molecule has 82 valence electrons. The first-order valence-corrected chi connectivity index (χ1v) is 5.73. The molecular weight excluding hydrogens is 213 g/mol. The van der Waals surface area contributed by atoms with Crippen LogP contribution in [0.1, 0.15) is 12.0 Å². The van der Waals surface area contributed by atoms with Crippen molar-refractivity contribution in [3.63, 3.8) is 0 Å². The van der Waals surface area contributed by atoms with Gasteiger partial charge in [-0.25, -0.2) is 4.39 Å². The van der Waals surface area contributed by atoms with E-state index in [2.05, 4.69) is 5.32 Å².